The molecule has 1 aromatic carbocycles. The lowest BCUT2D eigenvalue weighted by molar-refractivity contribution is 0.0855. The van der Waals surface area contributed by atoms with E-state index in [9.17, 15) is 10.0 Å². The molecule has 2 heterocycles. The Hall–Kier alpha value is -2.66. The van der Waals surface area contributed by atoms with Crippen molar-refractivity contribution in [2.75, 3.05) is 5.06 Å². The molecule has 0 atom stereocenters. The van der Waals surface area contributed by atoms with Crippen molar-refractivity contribution >= 4 is 22.5 Å². The van der Waals surface area contributed by atoms with E-state index in [1.807, 2.05) is 0 Å². The Morgan fingerprint density at radius 2 is 2.26 bits per heavy atom. The predicted molar refractivity (Wildman–Crippen MR) is 70.0 cm³/mol. The predicted octanol–water partition coefficient (Wildman–Crippen LogP) is 2.40. The number of aromatic nitrogens is 2. The van der Waals surface area contributed by atoms with Gasteiger partial charge < -0.3 is 4.98 Å². The minimum Gasteiger partial charge on any atom is -0.361 e. The van der Waals surface area contributed by atoms with Crippen LogP contribution in [0.4, 0.5) is 5.69 Å². The number of aromatic amines is 1. The van der Waals surface area contributed by atoms with E-state index in [0.29, 0.717) is 16.3 Å². The van der Waals surface area contributed by atoms with Crippen LogP contribution in [0.25, 0.3) is 10.9 Å². The number of amides is 1. The Kier molecular flexibility index (Phi) is 2.74. The van der Waals surface area contributed by atoms with Crippen LogP contribution in [-0.2, 0) is 0 Å². The molecule has 0 unspecified atom stereocenters. The highest BCUT2D eigenvalue weighted by Crippen LogP contribution is 2.25. The average Bonchev–Trinajstić information content (AvgIpc) is 2.95. The third-order valence-electron chi connectivity index (χ3n) is 2.83. The molecular formula is C14H10N3O2. The van der Waals surface area contributed by atoms with E-state index in [2.05, 4.69) is 16.0 Å². The third kappa shape index (κ3) is 1.96. The number of benzene rings is 1. The van der Waals surface area contributed by atoms with Gasteiger partial charge in [-0.2, -0.15) is 5.06 Å². The summed E-state index contributed by atoms with van der Waals surface area (Å²) in [5.74, 6) is -0.532. The summed E-state index contributed by atoms with van der Waals surface area (Å²) in [4.78, 5) is 19.0. The first-order valence-electron chi connectivity index (χ1n) is 5.68. The first kappa shape index (κ1) is 11.4. The van der Waals surface area contributed by atoms with E-state index in [-0.39, 0.29) is 0 Å². The van der Waals surface area contributed by atoms with Gasteiger partial charge in [-0.1, -0.05) is 0 Å². The highest BCUT2D eigenvalue weighted by molar-refractivity contribution is 6.08. The van der Waals surface area contributed by atoms with Crippen LogP contribution < -0.4 is 5.06 Å². The lowest BCUT2D eigenvalue weighted by Crippen LogP contribution is -2.27. The Bertz CT molecular complexity index is 722. The molecule has 0 spiro atoms. The molecule has 1 radical (unpaired) electrons. The molecule has 0 saturated heterocycles. The molecule has 0 saturated carbocycles. The van der Waals surface area contributed by atoms with Crippen LogP contribution in [0, 0.1) is 6.07 Å². The number of nitrogens with zero attached hydrogens (tertiary/aromatic N) is 2. The van der Waals surface area contributed by atoms with Crippen molar-refractivity contribution in [2.24, 2.45) is 0 Å². The molecule has 93 valence electrons. The first-order chi connectivity index (χ1) is 9.27. The molecule has 5 nitrogen and oxygen atoms in total. The Morgan fingerprint density at radius 1 is 1.37 bits per heavy atom. The number of nitrogens with one attached hydrogen (secondary N) is 1. The lowest BCUT2D eigenvalue weighted by Gasteiger charge is -2.15. The topological polar surface area (TPSA) is 69.2 Å². The lowest BCUT2D eigenvalue weighted by atomic mass is 10.2. The average molecular weight is 252 g/mol. The number of fused-ring (bicyclic) bond motifs is 1. The van der Waals surface area contributed by atoms with Gasteiger partial charge in [-0.15, -0.1) is 0 Å². The highest BCUT2D eigenvalue weighted by atomic mass is 16.5. The summed E-state index contributed by atoms with van der Waals surface area (Å²) in [6.07, 6.45) is 4.72. The summed E-state index contributed by atoms with van der Waals surface area (Å²) < 4.78 is 0. The van der Waals surface area contributed by atoms with Crippen molar-refractivity contribution in [1.29, 1.82) is 0 Å². The summed E-state index contributed by atoms with van der Waals surface area (Å²) in [7, 11) is 0. The smallest absolute Gasteiger partial charge is 0.283 e. The van der Waals surface area contributed by atoms with Gasteiger partial charge in [0, 0.05) is 29.5 Å². The number of hydroxylamine groups is 1. The molecule has 3 rings (SSSR count). The number of pyridine rings is 1. The Labute approximate surface area is 109 Å². The van der Waals surface area contributed by atoms with Crippen molar-refractivity contribution in [3.63, 3.8) is 0 Å². The molecule has 5 heteroatoms. The normalized spacial score (nSPS) is 10.6. The van der Waals surface area contributed by atoms with Gasteiger partial charge >= 0.3 is 0 Å². The van der Waals surface area contributed by atoms with E-state index in [1.54, 1.807) is 42.7 Å². The second-order valence-electron chi connectivity index (χ2n) is 4.00. The minimum absolute atomic E-state index is 0.317. The van der Waals surface area contributed by atoms with Crippen LogP contribution in [0.3, 0.4) is 0 Å². The quantitative estimate of drug-likeness (QED) is 0.543. The van der Waals surface area contributed by atoms with Crippen molar-refractivity contribution in [3.8, 4) is 0 Å². The zero-order chi connectivity index (χ0) is 13.2. The molecule has 2 N–H and O–H groups in total. The molecular weight excluding hydrogens is 242 g/mol. The Balaban J connectivity index is 2.02. The van der Waals surface area contributed by atoms with Crippen molar-refractivity contribution < 1.29 is 10.0 Å². The number of carbonyl (C=O) groups is 1. The fraction of sp³-hybridized carbons (Fsp3) is 0. The van der Waals surface area contributed by atoms with Crippen LogP contribution in [-0.4, -0.2) is 21.1 Å². The van der Waals surface area contributed by atoms with Crippen LogP contribution in [0.5, 0.6) is 0 Å². The minimum atomic E-state index is -0.532. The van der Waals surface area contributed by atoms with E-state index in [0.717, 1.165) is 10.9 Å². The van der Waals surface area contributed by atoms with Crippen molar-refractivity contribution in [3.05, 3.63) is 60.6 Å². The van der Waals surface area contributed by atoms with Crippen LogP contribution in [0.15, 0.2) is 48.9 Å². The van der Waals surface area contributed by atoms with Gasteiger partial charge in [-0.05, 0) is 36.4 Å². The van der Waals surface area contributed by atoms with E-state index >= 15 is 0 Å². The zero-order valence-electron chi connectivity index (χ0n) is 9.87. The SMILES string of the molecule is O=C(c1cccnc1)N(O)c1c[c]cc2[nH]ccc12. The summed E-state index contributed by atoms with van der Waals surface area (Å²) in [6, 6.07) is 11.2. The molecule has 1 amide bonds. The molecule has 0 aliphatic heterocycles. The van der Waals surface area contributed by atoms with Gasteiger partial charge in [-0.25, -0.2) is 0 Å². The summed E-state index contributed by atoms with van der Waals surface area (Å²) in [5, 5.41) is 11.4. The van der Waals surface area contributed by atoms with Crippen LogP contribution in [0.2, 0.25) is 0 Å². The molecule has 19 heavy (non-hydrogen) atoms. The van der Waals surface area contributed by atoms with Crippen LogP contribution >= 0.6 is 0 Å². The van der Waals surface area contributed by atoms with Gasteiger partial charge in [-0.3, -0.25) is 15.0 Å². The third-order valence-corrected chi connectivity index (χ3v) is 2.83. The van der Waals surface area contributed by atoms with Gasteiger partial charge in [0.2, 0.25) is 0 Å². The Morgan fingerprint density at radius 3 is 3.05 bits per heavy atom. The molecule has 2 aromatic heterocycles. The van der Waals surface area contributed by atoms with E-state index < -0.39 is 5.91 Å². The van der Waals surface area contributed by atoms with E-state index in [1.165, 1.54) is 6.20 Å². The second kappa shape index (κ2) is 4.55. The number of H-pyrrole nitrogens is 1. The summed E-state index contributed by atoms with van der Waals surface area (Å²) in [6.45, 7) is 0. The van der Waals surface area contributed by atoms with E-state index in [4.69, 9.17) is 0 Å². The van der Waals surface area contributed by atoms with Gasteiger partial charge in [0.15, 0.2) is 0 Å². The van der Waals surface area contributed by atoms with Crippen LogP contribution in [0.1, 0.15) is 10.4 Å². The zero-order valence-corrected chi connectivity index (χ0v) is 9.87. The summed E-state index contributed by atoms with van der Waals surface area (Å²) in [5.41, 5.74) is 1.50. The largest absolute Gasteiger partial charge is 0.361 e. The molecule has 0 fully saturated rings. The maximum atomic E-state index is 12.1. The maximum Gasteiger partial charge on any atom is 0.283 e. The maximum absolute atomic E-state index is 12.1. The fourth-order valence-electron chi connectivity index (χ4n) is 1.90. The van der Waals surface area contributed by atoms with Crippen molar-refractivity contribution in [2.45, 2.75) is 0 Å². The fourth-order valence-corrected chi connectivity index (χ4v) is 1.90. The van der Waals surface area contributed by atoms with Gasteiger partial charge in [0.1, 0.15) is 0 Å². The molecule has 0 aliphatic carbocycles. The number of rotatable bonds is 2. The number of anilines is 1. The summed E-state index contributed by atoms with van der Waals surface area (Å²) >= 11 is 0. The number of hydrogen-bond donors (Lipinski definition) is 2. The standard InChI is InChI=1S/C14H10N3O2/c18-14(10-3-2-7-15-9-10)17(19)13-5-1-4-12-11(13)6-8-16-12/h2-9,16,19H. The molecule has 0 bridgehead atoms. The second-order valence-corrected chi connectivity index (χ2v) is 4.00. The van der Waals surface area contributed by atoms with Gasteiger partial charge in [0.05, 0.1) is 11.3 Å². The van der Waals surface area contributed by atoms with Crippen molar-refractivity contribution in [1.82, 2.24) is 9.97 Å². The molecule has 3 aromatic rings. The first-order valence-corrected chi connectivity index (χ1v) is 5.68. The van der Waals surface area contributed by atoms with Gasteiger partial charge in [0.25, 0.3) is 5.91 Å². The highest BCUT2D eigenvalue weighted by Gasteiger charge is 2.18. The molecule has 0 aliphatic rings. The number of hydrogen-bond acceptors (Lipinski definition) is 3. The monoisotopic (exact) mass is 252 g/mol. The number of carbonyl (C=O) groups excluding carboxylic acids is 1.